The van der Waals surface area contributed by atoms with Crippen LogP contribution in [0.1, 0.15) is 5.56 Å². The van der Waals surface area contributed by atoms with Crippen LogP contribution in [-0.2, 0) is 12.9 Å². The van der Waals surface area contributed by atoms with Crippen LogP contribution in [0, 0.1) is 0 Å². The van der Waals surface area contributed by atoms with E-state index in [9.17, 15) is 0 Å². The Labute approximate surface area is 108 Å². The molecular weight excluding hydrogens is 284 g/mol. The number of allylic oxidation sites excluding steroid dienone is 2. The van der Waals surface area contributed by atoms with E-state index >= 15 is 0 Å². The zero-order valence-electron chi connectivity index (χ0n) is 11.3. The fourth-order valence-corrected chi connectivity index (χ4v) is 91.6. The van der Waals surface area contributed by atoms with Gasteiger partial charge in [0.1, 0.15) is 0 Å². The Morgan fingerprint density at radius 1 is 0.850 bits per heavy atom. The fourth-order valence-electron chi connectivity index (χ4n) is 17.8. The molecule has 0 radical (unpaired) electrons. The van der Waals surface area contributed by atoms with Crippen molar-refractivity contribution in [2.24, 2.45) is 0 Å². The molecule has 11 rings (SSSR count). The van der Waals surface area contributed by atoms with Gasteiger partial charge in [-0.25, -0.2) is 0 Å². The van der Waals surface area contributed by atoms with Crippen LogP contribution < -0.4 is 0 Å². The van der Waals surface area contributed by atoms with Crippen molar-refractivity contribution in [1.29, 1.82) is 0 Å². The van der Waals surface area contributed by atoms with Gasteiger partial charge in [0.2, 0.25) is 0 Å². The van der Waals surface area contributed by atoms with Gasteiger partial charge >= 0.3 is 109 Å². The van der Waals surface area contributed by atoms with Crippen LogP contribution in [0.2, 0.25) is 47.7 Å². The Kier molecular flexibility index (Phi) is 0.276. The van der Waals surface area contributed by atoms with Crippen LogP contribution >= 0.6 is 0 Å². The second kappa shape index (κ2) is 0.721. The summed E-state index contributed by atoms with van der Waals surface area (Å²) in [7, 11) is 0. The van der Waals surface area contributed by atoms with Crippen molar-refractivity contribution < 1.29 is 6.51 Å². The van der Waals surface area contributed by atoms with Gasteiger partial charge in [-0.1, -0.05) is 0 Å². The Balaban J connectivity index is 1.21. The molecule has 1 heteroatoms. The molecule has 1 aromatic carbocycles. The first-order chi connectivity index (χ1) is 9.62. The standard InChI is InChI=1S/C14H13.C5H5.Fe/c1-2-7-13(8-3-1)11-6-12-14-9-4-5-10-14;1-2-4-5-3-1;/h1-10,12H,11H2;1-5H;. The Morgan fingerprint density at radius 2 is 1.45 bits per heavy atom. The topological polar surface area (TPSA) is 0 Å². The van der Waals surface area contributed by atoms with E-state index in [1.54, 1.807) is 0 Å². The normalized spacial score (nSPS) is 103. The summed E-state index contributed by atoms with van der Waals surface area (Å²) in [4.78, 5) is 13.2. The summed E-state index contributed by atoms with van der Waals surface area (Å²) in [6.07, 6.45) is 6.71. The number of benzene rings is 1. The Bertz CT molecular complexity index is 1110. The van der Waals surface area contributed by atoms with E-state index in [4.69, 9.17) is 0 Å². The minimum atomic E-state index is -2.79. The maximum atomic E-state index is 2.89. The summed E-state index contributed by atoms with van der Waals surface area (Å²) in [5, 5.41) is 0. The Morgan fingerprint density at radius 3 is 1.90 bits per heavy atom. The molecule has 0 aromatic heterocycles. The minimum absolute atomic E-state index is 0.994. The van der Waals surface area contributed by atoms with Gasteiger partial charge in [0.15, 0.2) is 0 Å². The summed E-state index contributed by atoms with van der Waals surface area (Å²) >= 11 is 0. The molecular formula is C19H18Fe. The molecule has 4 atom stereocenters. The Hall–Kier alpha value is -0.521. The number of hydrogen-bond donors (Lipinski definition) is 0. The first-order valence-electron chi connectivity index (χ1n) is 8.55. The summed E-state index contributed by atoms with van der Waals surface area (Å²) in [6.45, 7) is -2.79. The van der Waals surface area contributed by atoms with Crippen LogP contribution in [0.4, 0.5) is 0 Å². The molecule has 1 aromatic rings. The molecule has 1 spiro atoms. The molecule has 0 nitrogen and oxygen atoms in total. The monoisotopic (exact) mass is 302 g/mol. The number of fused-ring (bicyclic) bond motifs is 10. The average molecular weight is 302 g/mol. The molecule has 0 bridgehead atoms. The average Bonchev–Trinajstić information content (AvgIpc) is 3.42. The molecule has 10 aliphatic heterocycles. The second-order valence-corrected chi connectivity index (χ2v) is 35.4. The van der Waals surface area contributed by atoms with E-state index in [2.05, 4.69) is 42.5 Å². The molecule has 4 unspecified atom stereocenters. The van der Waals surface area contributed by atoms with Crippen molar-refractivity contribution >= 4 is 0 Å². The van der Waals surface area contributed by atoms with Crippen molar-refractivity contribution in [3.8, 4) is 0 Å². The summed E-state index contributed by atoms with van der Waals surface area (Å²) < 4.78 is 0.994. The van der Waals surface area contributed by atoms with E-state index in [1.807, 2.05) is 0 Å². The number of hydrogen-bond acceptors (Lipinski definition) is 0. The van der Waals surface area contributed by atoms with Crippen LogP contribution in [-0.4, -0.2) is 0 Å². The summed E-state index contributed by atoms with van der Waals surface area (Å²) in [5.41, 5.74) is 1.51. The predicted octanol–water partition coefficient (Wildman–Crippen LogP) is 5.54. The zero-order valence-corrected chi connectivity index (χ0v) is 12.4. The predicted molar refractivity (Wildman–Crippen MR) is 75.7 cm³/mol. The first kappa shape index (κ1) is 7.65. The van der Waals surface area contributed by atoms with Crippen LogP contribution in [0.5, 0.6) is 0 Å². The zero-order chi connectivity index (χ0) is 12.2. The fraction of sp³-hybridized carbons (Fsp3) is 0.579. The third kappa shape index (κ3) is 0.0917. The molecule has 20 heavy (non-hydrogen) atoms. The molecule has 10 saturated heterocycles. The van der Waals surface area contributed by atoms with Crippen molar-refractivity contribution in [3.05, 3.63) is 48.0 Å². The molecule has 102 valence electrons. The van der Waals surface area contributed by atoms with Crippen molar-refractivity contribution in [3.63, 3.8) is 0 Å². The van der Waals surface area contributed by atoms with E-state index in [-0.39, 0.29) is 0 Å². The van der Waals surface area contributed by atoms with Gasteiger partial charge in [-0.15, -0.1) is 0 Å². The molecule has 10 fully saturated rings. The molecule has 0 aliphatic carbocycles. The first-order valence-corrected chi connectivity index (χ1v) is 14.8. The van der Waals surface area contributed by atoms with Gasteiger partial charge < -0.3 is 0 Å². The third-order valence-corrected chi connectivity index (χ3v) is 58.9. The maximum absolute atomic E-state index is 2.89. The van der Waals surface area contributed by atoms with E-state index in [1.165, 1.54) is 55.3 Å². The summed E-state index contributed by atoms with van der Waals surface area (Å²) in [6, 6.07) is 11.1. The number of rotatable bonds is 3. The van der Waals surface area contributed by atoms with Crippen molar-refractivity contribution in [2.45, 2.75) is 54.1 Å². The van der Waals surface area contributed by atoms with Gasteiger partial charge in [-0.05, 0) is 0 Å². The van der Waals surface area contributed by atoms with E-state index < -0.39 is 6.51 Å². The van der Waals surface area contributed by atoms with Gasteiger partial charge in [0, 0.05) is 0 Å². The quantitative estimate of drug-likeness (QED) is 0.507. The third-order valence-electron chi connectivity index (χ3n) is 16.4. The molecule has 10 heterocycles. The van der Waals surface area contributed by atoms with Gasteiger partial charge in [0.25, 0.3) is 0 Å². The van der Waals surface area contributed by atoms with Crippen LogP contribution in [0.25, 0.3) is 0 Å². The van der Waals surface area contributed by atoms with Gasteiger partial charge in [0.05, 0.1) is 0 Å². The SMILES string of the molecule is C(=C[C]12[CH]3[CH]4[CH]5[CH]1[Fe]45321678[CH]2[CH]1[CH]6[CH]7[CH]28)Cc1ccccc1. The van der Waals surface area contributed by atoms with E-state index in [0.717, 1.165) is 4.31 Å². The molecule has 0 N–H and O–H groups in total. The van der Waals surface area contributed by atoms with Crippen molar-refractivity contribution in [1.82, 2.24) is 0 Å². The second-order valence-electron chi connectivity index (χ2n) is 11.8. The van der Waals surface area contributed by atoms with Crippen LogP contribution in [0.15, 0.2) is 42.5 Å². The van der Waals surface area contributed by atoms with E-state index in [0.29, 0.717) is 0 Å². The summed E-state index contributed by atoms with van der Waals surface area (Å²) in [5.74, 6) is 0. The molecule has 0 saturated carbocycles. The van der Waals surface area contributed by atoms with Gasteiger partial charge in [-0.3, -0.25) is 0 Å². The van der Waals surface area contributed by atoms with Crippen molar-refractivity contribution in [2.75, 3.05) is 0 Å². The van der Waals surface area contributed by atoms with Gasteiger partial charge in [-0.2, -0.15) is 0 Å². The molecule has 10 aliphatic rings. The van der Waals surface area contributed by atoms with Crippen LogP contribution in [0.3, 0.4) is 0 Å². The molecule has 0 amide bonds.